The fourth-order valence-corrected chi connectivity index (χ4v) is 2.18. The first kappa shape index (κ1) is 22.2. The molecule has 0 saturated heterocycles. The molecule has 0 aliphatic heterocycles. The number of alkyl halides is 8. The Morgan fingerprint density at radius 2 is 0.905 bits per heavy atom. The molecule has 0 heterocycles. The number of halogens is 8. The molecule has 0 aromatic heterocycles. The second-order valence-corrected chi connectivity index (χ2v) is 8.44. The van der Waals surface area contributed by atoms with E-state index < -0.39 is 29.6 Å². The summed E-state index contributed by atoms with van der Waals surface area (Å²) in [6.45, 7) is 0. The Morgan fingerprint density at radius 3 is 1.10 bits per heavy atom. The lowest BCUT2D eigenvalue weighted by atomic mass is 10.4. The number of esters is 2. The number of hydrogen-bond acceptors (Lipinski definition) is 5. The maximum Gasteiger partial charge on any atom is 0.348 e. The molecule has 5 nitrogen and oxygen atoms in total. The number of carbonyl (C=O) groups excluding carboxylic acids is 2. The third-order valence-corrected chi connectivity index (χ3v) is 5.77. The lowest BCUT2D eigenvalue weighted by Gasteiger charge is -2.38. The Hall–Kier alpha value is 1.22. The molecule has 0 N–H and O–H groups in total. The molecule has 13 heteroatoms. The van der Waals surface area contributed by atoms with Crippen LogP contribution in [0, 0.1) is 0 Å². The van der Waals surface area contributed by atoms with Gasteiger partial charge in [-0.15, -0.1) is 0 Å². The largest absolute Gasteiger partial charge is 0.467 e. The van der Waals surface area contributed by atoms with Gasteiger partial charge in [0.15, 0.2) is 0 Å². The van der Waals surface area contributed by atoms with Crippen LogP contribution < -0.4 is 0 Å². The topological polar surface area (TPSA) is 61.8 Å². The highest BCUT2D eigenvalue weighted by Crippen LogP contribution is 2.53. The summed E-state index contributed by atoms with van der Waals surface area (Å²) in [6.07, 6.45) is 0. The van der Waals surface area contributed by atoms with Crippen molar-refractivity contribution in [2.24, 2.45) is 0 Å². The van der Waals surface area contributed by atoms with Crippen LogP contribution in [0.3, 0.4) is 0 Å². The van der Waals surface area contributed by atoms with E-state index in [-0.39, 0.29) is 0 Å². The van der Waals surface area contributed by atoms with Gasteiger partial charge in [0.2, 0.25) is 0 Å². The Labute approximate surface area is 159 Å². The lowest BCUT2D eigenvalue weighted by molar-refractivity contribution is -0.148. The maximum atomic E-state index is 11.4. The molecule has 0 saturated carbocycles. The van der Waals surface area contributed by atoms with Crippen molar-refractivity contribution in [3.8, 4) is 0 Å². The Balaban J connectivity index is 5.52. The fraction of sp³-hybridized carbons (Fsp3) is 0.750. The highest BCUT2D eigenvalue weighted by Gasteiger charge is 2.65. The summed E-state index contributed by atoms with van der Waals surface area (Å²) in [6, 6.07) is 0. The predicted octanol–water partition coefficient (Wildman–Crippen LogP) is 3.96. The van der Waals surface area contributed by atoms with Crippen molar-refractivity contribution in [2.75, 3.05) is 14.2 Å². The molecule has 0 aliphatic carbocycles. The molecule has 0 unspecified atom stereocenters. The quantitative estimate of drug-likeness (QED) is 0.439. The van der Waals surface area contributed by atoms with Crippen LogP contribution in [0.15, 0.2) is 0 Å². The first-order valence-corrected chi connectivity index (χ1v) is 7.58. The standard InChI is InChI=1S/C8H6Cl8O5/c1-19-3(17)5(9,10)7(13,14)21-8(15,16)6(11,12)4(18)20-2/h1-2H3. The van der Waals surface area contributed by atoms with E-state index in [1.165, 1.54) is 0 Å². The normalized spacial score (nSPS) is 13.8. The summed E-state index contributed by atoms with van der Waals surface area (Å²) < 4.78 is 2.33. The van der Waals surface area contributed by atoms with Gasteiger partial charge in [0.05, 0.1) is 14.2 Å². The van der Waals surface area contributed by atoms with E-state index in [9.17, 15) is 9.59 Å². The zero-order valence-electron chi connectivity index (χ0n) is 10.1. The van der Waals surface area contributed by atoms with Gasteiger partial charge >= 0.3 is 11.9 Å². The molecular formula is C8H6Cl8O5. The summed E-state index contributed by atoms with van der Waals surface area (Å²) >= 11 is 45.2. The van der Waals surface area contributed by atoms with E-state index in [0.29, 0.717) is 0 Å². The van der Waals surface area contributed by atoms with Gasteiger partial charge in [-0.3, -0.25) is 0 Å². The van der Waals surface area contributed by atoms with E-state index in [0.717, 1.165) is 14.2 Å². The summed E-state index contributed by atoms with van der Waals surface area (Å²) in [5.74, 6) is -2.60. The van der Waals surface area contributed by atoms with Gasteiger partial charge < -0.3 is 14.2 Å². The molecule has 0 radical (unpaired) electrons. The van der Waals surface area contributed by atoms with Crippen LogP contribution >= 0.6 is 92.8 Å². The fourth-order valence-electron chi connectivity index (χ4n) is 0.783. The zero-order valence-corrected chi connectivity index (χ0v) is 16.1. The number of rotatable bonds is 6. The van der Waals surface area contributed by atoms with E-state index >= 15 is 0 Å². The minimum atomic E-state index is -2.80. The first-order chi connectivity index (χ1) is 9.17. The van der Waals surface area contributed by atoms with E-state index in [4.69, 9.17) is 97.5 Å². The molecule has 0 fully saturated rings. The summed E-state index contributed by atoms with van der Waals surface area (Å²) in [5.41, 5.74) is 0. The van der Waals surface area contributed by atoms with E-state index in [1.54, 1.807) is 0 Å². The van der Waals surface area contributed by atoms with Crippen LogP contribution in [0.4, 0.5) is 0 Å². The molecule has 0 atom stereocenters. The Bertz CT molecular complexity index is 383. The van der Waals surface area contributed by atoms with E-state index in [2.05, 4.69) is 9.47 Å². The van der Waals surface area contributed by atoms with Gasteiger partial charge in [0.25, 0.3) is 17.7 Å². The maximum absolute atomic E-state index is 11.4. The molecule has 0 bridgehead atoms. The van der Waals surface area contributed by atoms with Crippen molar-refractivity contribution >= 4 is 105 Å². The molecule has 0 aliphatic rings. The second-order valence-electron chi connectivity index (χ2n) is 3.27. The van der Waals surface area contributed by atoms with Gasteiger partial charge in [-0.25, -0.2) is 9.59 Å². The minimum Gasteiger partial charge on any atom is -0.467 e. The average Bonchev–Trinajstić information content (AvgIpc) is 2.34. The third-order valence-electron chi connectivity index (χ3n) is 1.87. The average molecular weight is 466 g/mol. The van der Waals surface area contributed by atoms with Crippen LogP contribution in [0.25, 0.3) is 0 Å². The zero-order chi connectivity index (χ0) is 17.3. The highest BCUT2D eigenvalue weighted by molar-refractivity contribution is 6.70. The monoisotopic (exact) mass is 462 g/mol. The number of carbonyl (C=O) groups is 2. The van der Waals surface area contributed by atoms with Gasteiger partial charge in [-0.1, -0.05) is 92.8 Å². The summed E-state index contributed by atoms with van der Waals surface area (Å²) in [7, 11) is 1.89. The van der Waals surface area contributed by atoms with Gasteiger partial charge in [-0.2, -0.15) is 0 Å². The molecule has 0 aromatic rings. The van der Waals surface area contributed by atoms with Crippen LogP contribution in [-0.4, -0.2) is 43.9 Å². The molecule has 21 heavy (non-hydrogen) atoms. The van der Waals surface area contributed by atoms with Crippen molar-refractivity contribution < 1.29 is 23.8 Å². The second kappa shape index (κ2) is 7.41. The van der Waals surface area contributed by atoms with E-state index in [1.807, 2.05) is 0 Å². The number of hydrogen-bond donors (Lipinski definition) is 0. The lowest BCUT2D eigenvalue weighted by Crippen LogP contribution is -2.55. The summed E-state index contributed by atoms with van der Waals surface area (Å²) in [4.78, 5) is 22.9. The SMILES string of the molecule is COC(=O)C(Cl)(Cl)C(Cl)(Cl)OC(Cl)(Cl)C(Cl)(Cl)C(=O)OC. The van der Waals surface area contributed by atoms with Gasteiger partial charge in [-0.05, 0) is 0 Å². The molecule has 0 aromatic carbocycles. The van der Waals surface area contributed by atoms with Crippen molar-refractivity contribution in [1.29, 1.82) is 0 Å². The van der Waals surface area contributed by atoms with Crippen LogP contribution in [0.5, 0.6) is 0 Å². The predicted molar refractivity (Wildman–Crippen MR) is 82.9 cm³/mol. The highest BCUT2D eigenvalue weighted by atomic mass is 35.5. The van der Waals surface area contributed by atoms with Crippen LogP contribution in [0.1, 0.15) is 0 Å². The smallest absolute Gasteiger partial charge is 0.348 e. The van der Waals surface area contributed by atoms with Crippen molar-refractivity contribution in [3.63, 3.8) is 0 Å². The molecule has 124 valence electrons. The number of methoxy groups -OCH3 is 2. The van der Waals surface area contributed by atoms with Crippen molar-refractivity contribution in [3.05, 3.63) is 0 Å². The molecule has 0 amide bonds. The Kier molecular flexibility index (Phi) is 7.84. The Morgan fingerprint density at radius 1 is 0.667 bits per heavy atom. The molecule has 0 rings (SSSR count). The minimum absolute atomic E-state index is 0.947. The van der Waals surface area contributed by atoms with Crippen molar-refractivity contribution in [1.82, 2.24) is 0 Å². The third kappa shape index (κ3) is 4.61. The van der Waals surface area contributed by atoms with Crippen molar-refractivity contribution in [2.45, 2.75) is 17.7 Å². The summed E-state index contributed by atoms with van der Waals surface area (Å²) in [5, 5.41) is 0. The molecular weight excluding hydrogens is 460 g/mol. The van der Waals surface area contributed by atoms with Gasteiger partial charge in [0.1, 0.15) is 0 Å². The van der Waals surface area contributed by atoms with Crippen LogP contribution in [-0.2, 0) is 23.8 Å². The number of ether oxygens (including phenoxy) is 3. The molecule has 0 spiro atoms. The van der Waals surface area contributed by atoms with Gasteiger partial charge in [0, 0.05) is 0 Å². The van der Waals surface area contributed by atoms with Crippen LogP contribution in [0.2, 0.25) is 0 Å². The first-order valence-electron chi connectivity index (χ1n) is 4.55.